The van der Waals surface area contributed by atoms with Gasteiger partial charge in [0, 0.05) is 13.1 Å². The van der Waals surface area contributed by atoms with Crippen LogP contribution in [0.1, 0.15) is 11.3 Å². The number of aromatic nitrogens is 2. The molecule has 16 heavy (non-hydrogen) atoms. The highest BCUT2D eigenvalue weighted by atomic mass is 79.9. The van der Waals surface area contributed by atoms with Gasteiger partial charge in [0.1, 0.15) is 0 Å². The predicted molar refractivity (Wildman–Crippen MR) is 66.4 cm³/mol. The maximum absolute atomic E-state index is 11.8. The van der Waals surface area contributed by atoms with Crippen molar-refractivity contribution in [2.24, 2.45) is 0 Å². The Morgan fingerprint density at radius 3 is 3.00 bits per heavy atom. The van der Waals surface area contributed by atoms with Crippen LogP contribution in [0.15, 0.2) is 20.7 Å². The quantitative estimate of drug-likeness (QED) is 0.845. The van der Waals surface area contributed by atoms with E-state index in [4.69, 9.17) is 0 Å². The fourth-order valence-corrected chi connectivity index (χ4v) is 3.07. The lowest BCUT2D eigenvalue weighted by atomic mass is 10.2. The van der Waals surface area contributed by atoms with Crippen LogP contribution in [-0.2, 0) is 13.1 Å². The lowest BCUT2D eigenvalue weighted by Gasteiger charge is -2.00. The average Bonchev–Trinajstić information content (AvgIpc) is 2.85. The Morgan fingerprint density at radius 1 is 1.38 bits per heavy atom. The second kappa shape index (κ2) is 3.80. The Balaban J connectivity index is 2.16. The van der Waals surface area contributed by atoms with E-state index in [1.165, 1.54) is 0 Å². The second-order valence-corrected chi connectivity index (χ2v) is 6.01. The molecule has 6 heteroatoms. The van der Waals surface area contributed by atoms with E-state index in [1.54, 1.807) is 11.3 Å². The Morgan fingerprint density at radius 2 is 2.25 bits per heavy atom. The van der Waals surface area contributed by atoms with Crippen molar-refractivity contribution in [3.63, 3.8) is 0 Å². The molecule has 3 rings (SSSR count). The number of fused-ring (bicyclic) bond motifs is 1. The molecule has 0 saturated carbocycles. The summed E-state index contributed by atoms with van der Waals surface area (Å²) in [5, 5.41) is 3.12. The van der Waals surface area contributed by atoms with Crippen LogP contribution in [0.3, 0.4) is 0 Å². The summed E-state index contributed by atoms with van der Waals surface area (Å²) in [6.07, 6.45) is 0. The highest BCUT2D eigenvalue weighted by Crippen LogP contribution is 2.29. The molecule has 2 aromatic rings. The molecule has 2 N–H and O–H groups in total. The first kappa shape index (κ1) is 10.2. The fraction of sp³-hybridized carbons (Fsp3) is 0.200. The van der Waals surface area contributed by atoms with Crippen molar-refractivity contribution in [1.82, 2.24) is 15.3 Å². The molecule has 0 aliphatic carbocycles. The zero-order valence-electron chi connectivity index (χ0n) is 8.21. The van der Waals surface area contributed by atoms with Gasteiger partial charge in [0.05, 0.1) is 19.9 Å². The summed E-state index contributed by atoms with van der Waals surface area (Å²) in [5.41, 5.74) is 1.59. The number of rotatable bonds is 1. The predicted octanol–water partition coefficient (Wildman–Crippen LogP) is 1.86. The summed E-state index contributed by atoms with van der Waals surface area (Å²) in [6, 6.07) is 3.90. The van der Waals surface area contributed by atoms with Crippen LogP contribution in [0.2, 0.25) is 0 Å². The zero-order chi connectivity index (χ0) is 11.1. The molecule has 0 spiro atoms. The van der Waals surface area contributed by atoms with Crippen LogP contribution >= 0.6 is 27.3 Å². The van der Waals surface area contributed by atoms with Gasteiger partial charge in [-0.1, -0.05) is 0 Å². The summed E-state index contributed by atoms with van der Waals surface area (Å²) in [4.78, 5) is 20.0. The van der Waals surface area contributed by atoms with Gasteiger partial charge in [-0.15, -0.1) is 11.3 Å². The normalized spacial score (nSPS) is 14.1. The van der Waals surface area contributed by atoms with Crippen molar-refractivity contribution in [2.45, 2.75) is 13.1 Å². The minimum absolute atomic E-state index is 0.0328. The molecule has 0 fully saturated rings. The lowest BCUT2D eigenvalue weighted by molar-refractivity contribution is 0.757. The van der Waals surface area contributed by atoms with E-state index in [9.17, 15) is 4.79 Å². The summed E-state index contributed by atoms with van der Waals surface area (Å²) in [6.45, 7) is 1.30. The number of H-pyrrole nitrogens is 1. The molecular weight excluding hydrogens is 290 g/mol. The molecule has 4 nitrogen and oxygen atoms in total. The smallest absolute Gasteiger partial charge is 0.255 e. The van der Waals surface area contributed by atoms with Crippen LogP contribution in [0.5, 0.6) is 0 Å². The standard InChI is InChI=1S/C10H8BrN3OS/c11-8-2-1-7(16-8)9-13-6-4-12-3-5(6)10(15)14-9/h1-2,12H,3-4H2,(H,13,14,15). The van der Waals surface area contributed by atoms with Gasteiger partial charge >= 0.3 is 0 Å². The van der Waals surface area contributed by atoms with Crippen LogP contribution in [0.4, 0.5) is 0 Å². The molecule has 82 valence electrons. The first-order valence-electron chi connectivity index (χ1n) is 4.82. The third kappa shape index (κ3) is 1.63. The maximum Gasteiger partial charge on any atom is 0.255 e. The molecule has 2 aromatic heterocycles. The molecule has 0 aromatic carbocycles. The third-order valence-corrected chi connectivity index (χ3v) is 4.13. The number of halogens is 1. The van der Waals surface area contributed by atoms with E-state index in [-0.39, 0.29) is 5.56 Å². The van der Waals surface area contributed by atoms with Crippen molar-refractivity contribution in [3.8, 4) is 10.7 Å². The van der Waals surface area contributed by atoms with E-state index in [0.29, 0.717) is 18.9 Å². The molecule has 0 unspecified atom stereocenters. The van der Waals surface area contributed by atoms with Crippen molar-refractivity contribution < 1.29 is 0 Å². The third-order valence-electron chi connectivity index (χ3n) is 2.50. The van der Waals surface area contributed by atoms with Gasteiger partial charge in [0.2, 0.25) is 0 Å². The first-order valence-corrected chi connectivity index (χ1v) is 6.43. The van der Waals surface area contributed by atoms with Gasteiger partial charge in [-0.2, -0.15) is 0 Å². The van der Waals surface area contributed by atoms with Crippen LogP contribution in [0.25, 0.3) is 10.7 Å². The maximum atomic E-state index is 11.8. The van der Waals surface area contributed by atoms with Gasteiger partial charge < -0.3 is 10.3 Å². The van der Waals surface area contributed by atoms with Gasteiger partial charge in [0.15, 0.2) is 5.82 Å². The Labute approximate surface area is 104 Å². The Hall–Kier alpha value is -0.980. The summed E-state index contributed by atoms with van der Waals surface area (Å²) >= 11 is 4.96. The summed E-state index contributed by atoms with van der Waals surface area (Å²) in [7, 11) is 0. The molecule has 0 bridgehead atoms. The molecule has 0 saturated heterocycles. The van der Waals surface area contributed by atoms with E-state index < -0.39 is 0 Å². The van der Waals surface area contributed by atoms with Crippen LogP contribution < -0.4 is 10.9 Å². The van der Waals surface area contributed by atoms with Crippen LogP contribution in [-0.4, -0.2) is 9.97 Å². The van der Waals surface area contributed by atoms with E-state index in [2.05, 4.69) is 31.2 Å². The van der Waals surface area contributed by atoms with Gasteiger partial charge in [-0.05, 0) is 28.1 Å². The second-order valence-electron chi connectivity index (χ2n) is 3.55. The van der Waals surface area contributed by atoms with E-state index in [0.717, 1.165) is 19.9 Å². The molecule has 0 amide bonds. The van der Waals surface area contributed by atoms with Gasteiger partial charge in [-0.25, -0.2) is 4.98 Å². The topological polar surface area (TPSA) is 57.8 Å². The minimum atomic E-state index is -0.0328. The average molecular weight is 298 g/mol. The Bertz CT molecular complexity index is 604. The number of aromatic amines is 1. The number of thiophene rings is 1. The highest BCUT2D eigenvalue weighted by molar-refractivity contribution is 9.11. The minimum Gasteiger partial charge on any atom is -0.307 e. The van der Waals surface area contributed by atoms with Gasteiger partial charge in [-0.3, -0.25) is 4.79 Å². The van der Waals surface area contributed by atoms with E-state index >= 15 is 0 Å². The summed E-state index contributed by atoms with van der Waals surface area (Å²) < 4.78 is 1.03. The first-order chi connectivity index (χ1) is 7.74. The number of hydrogen-bond donors (Lipinski definition) is 2. The molecule has 1 aliphatic heterocycles. The highest BCUT2D eigenvalue weighted by Gasteiger charge is 2.17. The zero-order valence-corrected chi connectivity index (χ0v) is 10.6. The molecule has 3 heterocycles. The van der Waals surface area contributed by atoms with E-state index in [1.807, 2.05) is 12.1 Å². The Kier molecular flexibility index (Phi) is 2.42. The monoisotopic (exact) mass is 297 g/mol. The van der Waals surface area contributed by atoms with Crippen molar-refractivity contribution in [2.75, 3.05) is 0 Å². The number of nitrogens with one attached hydrogen (secondary N) is 2. The summed E-state index contributed by atoms with van der Waals surface area (Å²) in [5.74, 6) is 0.656. The fourth-order valence-electron chi connectivity index (χ4n) is 1.74. The molecule has 1 aliphatic rings. The number of hydrogen-bond acceptors (Lipinski definition) is 4. The van der Waals surface area contributed by atoms with Crippen molar-refractivity contribution in [1.29, 1.82) is 0 Å². The lowest BCUT2D eigenvalue weighted by Crippen LogP contribution is -2.15. The number of nitrogens with zero attached hydrogens (tertiary/aromatic N) is 1. The van der Waals surface area contributed by atoms with Crippen LogP contribution in [0, 0.1) is 0 Å². The molecule has 0 radical (unpaired) electrons. The SMILES string of the molecule is O=c1[nH]c(-c2ccc(Br)s2)nc2c1CNC2. The van der Waals surface area contributed by atoms with Gasteiger partial charge in [0.25, 0.3) is 5.56 Å². The van der Waals surface area contributed by atoms with Crippen molar-refractivity contribution >= 4 is 27.3 Å². The molecule has 0 atom stereocenters. The van der Waals surface area contributed by atoms with Crippen molar-refractivity contribution in [3.05, 3.63) is 37.5 Å². The largest absolute Gasteiger partial charge is 0.307 e. The molecular formula is C10H8BrN3OS.